The number of halogens is 1. The van der Waals surface area contributed by atoms with Gasteiger partial charge in [-0.1, -0.05) is 11.6 Å². The molecule has 0 aliphatic carbocycles. The summed E-state index contributed by atoms with van der Waals surface area (Å²) < 4.78 is 22.7. The molecule has 4 aromatic rings. The second-order valence-corrected chi connectivity index (χ2v) is 8.19. The van der Waals surface area contributed by atoms with Crippen molar-refractivity contribution in [3.05, 3.63) is 47.9 Å². The fourth-order valence-corrected chi connectivity index (χ4v) is 4.17. The molecule has 0 atom stereocenters. The molecule has 0 amide bonds. The number of morpholine rings is 1. The van der Waals surface area contributed by atoms with Gasteiger partial charge in [0.1, 0.15) is 17.8 Å². The van der Waals surface area contributed by atoms with E-state index in [1.807, 2.05) is 30.3 Å². The van der Waals surface area contributed by atoms with Crippen molar-refractivity contribution >= 4 is 45.0 Å². The Bertz CT molecular complexity index is 1260. The van der Waals surface area contributed by atoms with Crippen LogP contribution >= 0.6 is 11.6 Å². The Hall–Kier alpha value is -3.07. The summed E-state index contributed by atoms with van der Waals surface area (Å²) in [6.45, 7) is 5.12. The average molecular weight is 469 g/mol. The molecular formula is C24H25ClN4O4. The molecular weight excluding hydrogens is 444 g/mol. The standard InChI is InChI=1S/C24H25ClN4O4/c1-30-20-13-17-19(14-21(20)32-9-2-6-29-7-11-31-12-8-29)26-15-27-24(17)28-22-18(25)4-3-16-5-10-33-23(16)22/h3-5,10,13-15H,2,6-9,11-12H2,1H3,(H,26,27,28). The van der Waals surface area contributed by atoms with Crippen molar-refractivity contribution in [2.75, 3.05) is 51.9 Å². The Morgan fingerprint density at radius 3 is 2.85 bits per heavy atom. The molecule has 1 aliphatic heterocycles. The number of benzene rings is 2. The van der Waals surface area contributed by atoms with E-state index in [1.54, 1.807) is 13.4 Å². The van der Waals surface area contributed by atoms with Crippen LogP contribution in [-0.2, 0) is 4.74 Å². The number of hydrogen-bond donors (Lipinski definition) is 1. The number of furan rings is 1. The third-order valence-corrected chi connectivity index (χ3v) is 6.03. The van der Waals surface area contributed by atoms with Gasteiger partial charge in [0.05, 0.1) is 43.7 Å². The van der Waals surface area contributed by atoms with Crippen LogP contribution in [0.15, 0.2) is 47.3 Å². The van der Waals surface area contributed by atoms with Crippen LogP contribution in [0, 0.1) is 0 Å². The van der Waals surface area contributed by atoms with Gasteiger partial charge in [-0.15, -0.1) is 0 Å². The van der Waals surface area contributed by atoms with Crippen molar-refractivity contribution in [3.8, 4) is 11.5 Å². The molecule has 1 N–H and O–H groups in total. The number of anilines is 2. The van der Waals surface area contributed by atoms with E-state index in [9.17, 15) is 0 Å². The van der Waals surface area contributed by atoms with Crippen LogP contribution in [0.1, 0.15) is 6.42 Å². The Kier molecular flexibility index (Phi) is 6.48. The Balaban J connectivity index is 1.37. The van der Waals surface area contributed by atoms with E-state index in [0.29, 0.717) is 40.2 Å². The van der Waals surface area contributed by atoms with Crippen molar-refractivity contribution in [1.82, 2.24) is 14.9 Å². The van der Waals surface area contributed by atoms with E-state index in [2.05, 4.69) is 20.2 Å². The Morgan fingerprint density at radius 2 is 2.00 bits per heavy atom. The van der Waals surface area contributed by atoms with Crippen LogP contribution in [0.2, 0.25) is 5.02 Å². The number of nitrogens with one attached hydrogen (secondary N) is 1. The number of hydrogen-bond acceptors (Lipinski definition) is 8. The van der Waals surface area contributed by atoms with Crippen LogP contribution in [0.5, 0.6) is 11.5 Å². The summed E-state index contributed by atoms with van der Waals surface area (Å²) in [6.07, 6.45) is 4.06. The topological polar surface area (TPSA) is 81.9 Å². The quantitative estimate of drug-likeness (QED) is 0.366. The van der Waals surface area contributed by atoms with Gasteiger partial charge in [0.25, 0.3) is 0 Å². The maximum atomic E-state index is 6.45. The lowest BCUT2D eigenvalue weighted by Gasteiger charge is -2.26. The van der Waals surface area contributed by atoms with Crippen molar-refractivity contribution in [2.45, 2.75) is 6.42 Å². The summed E-state index contributed by atoms with van der Waals surface area (Å²) in [5.41, 5.74) is 2.06. The highest BCUT2D eigenvalue weighted by Gasteiger charge is 2.16. The summed E-state index contributed by atoms with van der Waals surface area (Å²) in [5, 5.41) is 5.59. The molecule has 0 saturated carbocycles. The van der Waals surface area contributed by atoms with Crippen molar-refractivity contribution in [3.63, 3.8) is 0 Å². The molecule has 1 fully saturated rings. The van der Waals surface area contributed by atoms with E-state index in [1.165, 1.54) is 6.33 Å². The molecule has 1 saturated heterocycles. The van der Waals surface area contributed by atoms with Crippen LogP contribution in [0.4, 0.5) is 11.5 Å². The van der Waals surface area contributed by atoms with E-state index in [4.69, 9.17) is 30.2 Å². The number of ether oxygens (including phenoxy) is 3. The zero-order valence-electron chi connectivity index (χ0n) is 18.3. The average Bonchev–Trinajstić information content (AvgIpc) is 3.33. The van der Waals surface area contributed by atoms with E-state index < -0.39 is 0 Å². The van der Waals surface area contributed by atoms with Crippen LogP contribution in [0.25, 0.3) is 21.9 Å². The normalized spacial score (nSPS) is 14.6. The van der Waals surface area contributed by atoms with Gasteiger partial charge in [-0.25, -0.2) is 9.97 Å². The zero-order valence-corrected chi connectivity index (χ0v) is 19.1. The summed E-state index contributed by atoms with van der Waals surface area (Å²) in [5.74, 6) is 1.87. The van der Waals surface area contributed by atoms with Crippen LogP contribution in [0.3, 0.4) is 0 Å². The lowest BCUT2D eigenvalue weighted by atomic mass is 10.2. The number of methoxy groups -OCH3 is 1. The second kappa shape index (κ2) is 9.82. The van der Waals surface area contributed by atoms with Gasteiger partial charge in [-0.3, -0.25) is 4.90 Å². The molecule has 0 spiro atoms. The molecule has 5 rings (SSSR count). The van der Waals surface area contributed by atoms with Crippen molar-refractivity contribution in [2.24, 2.45) is 0 Å². The molecule has 1 aliphatic rings. The third kappa shape index (κ3) is 4.68. The second-order valence-electron chi connectivity index (χ2n) is 7.78. The van der Waals surface area contributed by atoms with Gasteiger partial charge >= 0.3 is 0 Å². The van der Waals surface area contributed by atoms with Gasteiger partial charge in [-0.2, -0.15) is 0 Å². The number of aromatic nitrogens is 2. The summed E-state index contributed by atoms with van der Waals surface area (Å²) in [7, 11) is 1.62. The maximum Gasteiger partial charge on any atom is 0.163 e. The molecule has 33 heavy (non-hydrogen) atoms. The predicted molar refractivity (Wildman–Crippen MR) is 128 cm³/mol. The fraction of sp³-hybridized carbons (Fsp3) is 0.333. The van der Waals surface area contributed by atoms with Crippen LogP contribution in [-0.4, -0.2) is 61.4 Å². The predicted octanol–water partition coefficient (Wildman–Crippen LogP) is 4.88. The zero-order chi connectivity index (χ0) is 22.6. The van der Waals surface area contributed by atoms with Gasteiger partial charge in [0.15, 0.2) is 17.1 Å². The smallest absolute Gasteiger partial charge is 0.163 e. The van der Waals surface area contributed by atoms with E-state index in [0.717, 1.165) is 55.6 Å². The lowest BCUT2D eigenvalue weighted by Crippen LogP contribution is -2.37. The van der Waals surface area contributed by atoms with Gasteiger partial charge in [0.2, 0.25) is 0 Å². The monoisotopic (exact) mass is 468 g/mol. The number of nitrogens with zero attached hydrogens (tertiary/aromatic N) is 3. The summed E-state index contributed by atoms with van der Waals surface area (Å²) in [4.78, 5) is 11.3. The van der Waals surface area contributed by atoms with Crippen molar-refractivity contribution in [1.29, 1.82) is 0 Å². The fourth-order valence-electron chi connectivity index (χ4n) is 3.97. The molecule has 9 heteroatoms. The molecule has 172 valence electrons. The van der Waals surface area contributed by atoms with E-state index in [-0.39, 0.29) is 0 Å². The Morgan fingerprint density at radius 1 is 1.12 bits per heavy atom. The SMILES string of the molecule is COc1cc2c(Nc3c(Cl)ccc4ccoc34)ncnc2cc1OCCCN1CCOCC1. The van der Waals surface area contributed by atoms with Crippen molar-refractivity contribution < 1.29 is 18.6 Å². The first-order valence-electron chi connectivity index (χ1n) is 10.9. The number of rotatable bonds is 8. The third-order valence-electron chi connectivity index (χ3n) is 5.71. The first-order chi connectivity index (χ1) is 16.2. The molecule has 0 unspecified atom stereocenters. The molecule has 8 nitrogen and oxygen atoms in total. The number of fused-ring (bicyclic) bond motifs is 2. The first-order valence-corrected chi connectivity index (χ1v) is 11.3. The minimum absolute atomic E-state index is 0.538. The molecule has 0 radical (unpaired) electrons. The molecule has 0 bridgehead atoms. The minimum Gasteiger partial charge on any atom is -0.493 e. The van der Waals surface area contributed by atoms with Gasteiger partial charge in [-0.05, 0) is 30.7 Å². The molecule has 2 aromatic carbocycles. The lowest BCUT2D eigenvalue weighted by molar-refractivity contribution is 0.0357. The molecule has 3 heterocycles. The van der Waals surface area contributed by atoms with Gasteiger partial charge in [0, 0.05) is 36.5 Å². The molecule has 2 aromatic heterocycles. The highest BCUT2D eigenvalue weighted by molar-refractivity contribution is 6.35. The van der Waals surface area contributed by atoms with Gasteiger partial charge < -0.3 is 23.9 Å². The maximum absolute atomic E-state index is 6.45. The first kappa shape index (κ1) is 21.8. The minimum atomic E-state index is 0.538. The largest absolute Gasteiger partial charge is 0.493 e. The van der Waals surface area contributed by atoms with Crippen LogP contribution < -0.4 is 14.8 Å². The summed E-state index contributed by atoms with van der Waals surface area (Å²) in [6, 6.07) is 9.39. The summed E-state index contributed by atoms with van der Waals surface area (Å²) >= 11 is 6.45. The Labute approximate surface area is 196 Å². The van der Waals surface area contributed by atoms with E-state index >= 15 is 0 Å². The highest BCUT2D eigenvalue weighted by atomic mass is 35.5. The highest BCUT2D eigenvalue weighted by Crippen LogP contribution is 2.38.